The lowest BCUT2D eigenvalue weighted by molar-refractivity contribution is -0.138. The lowest BCUT2D eigenvalue weighted by Gasteiger charge is -2.39. The third kappa shape index (κ3) is 3.92. The SMILES string of the molecule is CN1CCN(C(=O)[C@@H]2CCCN(S(=O)(=O)N3CCCCC3)C2)CC1. The molecule has 0 spiro atoms. The van der Waals surface area contributed by atoms with Gasteiger partial charge in [0, 0.05) is 52.4 Å². The van der Waals surface area contributed by atoms with Gasteiger partial charge in [-0.1, -0.05) is 6.42 Å². The average molecular weight is 359 g/mol. The van der Waals surface area contributed by atoms with E-state index >= 15 is 0 Å². The number of hydrogen-bond acceptors (Lipinski definition) is 4. The van der Waals surface area contributed by atoms with Crippen LogP contribution in [0.4, 0.5) is 0 Å². The smallest absolute Gasteiger partial charge is 0.281 e. The molecule has 8 heteroatoms. The standard InChI is InChI=1S/C16H30N4O3S/c1-17-10-12-18(13-11-17)16(21)15-6-5-9-20(14-15)24(22,23)19-7-3-2-4-8-19/h15H,2-14H2,1H3/t15-/m1/s1. The Balaban J connectivity index is 1.62. The van der Waals surface area contributed by atoms with Crippen LogP contribution in [-0.4, -0.2) is 92.1 Å². The first-order chi connectivity index (χ1) is 11.5. The first kappa shape index (κ1) is 18.1. The Morgan fingerprint density at radius 1 is 0.833 bits per heavy atom. The number of carbonyl (C=O) groups is 1. The fraction of sp³-hybridized carbons (Fsp3) is 0.938. The summed E-state index contributed by atoms with van der Waals surface area (Å²) < 4.78 is 28.9. The summed E-state index contributed by atoms with van der Waals surface area (Å²) in [6.45, 7) is 5.44. The molecule has 3 heterocycles. The van der Waals surface area contributed by atoms with Crippen molar-refractivity contribution in [2.75, 3.05) is 59.4 Å². The third-order valence-corrected chi connectivity index (χ3v) is 7.52. The largest absolute Gasteiger partial charge is 0.340 e. The Kier molecular flexibility index (Phi) is 5.79. The summed E-state index contributed by atoms with van der Waals surface area (Å²) >= 11 is 0. The van der Waals surface area contributed by atoms with E-state index in [2.05, 4.69) is 11.9 Å². The number of carbonyl (C=O) groups excluding carboxylic acids is 1. The maximum atomic E-state index is 12.8. The number of rotatable bonds is 3. The van der Waals surface area contributed by atoms with Crippen molar-refractivity contribution in [2.24, 2.45) is 5.92 Å². The van der Waals surface area contributed by atoms with Gasteiger partial charge in [0.2, 0.25) is 5.91 Å². The van der Waals surface area contributed by atoms with Crippen molar-refractivity contribution in [3.05, 3.63) is 0 Å². The molecule has 7 nitrogen and oxygen atoms in total. The molecule has 0 aromatic carbocycles. The molecule has 0 radical (unpaired) electrons. The molecule has 3 aliphatic heterocycles. The van der Waals surface area contributed by atoms with Gasteiger partial charge < -0.3 is 9.80 Å². The molecule has 0 bridgehead atoms. The molecule has 0 aromatic heterocycles. The molecule has 24 heavy (non-hydrogen) atoms. The highest BCUT2D eigenvalue weighted by molar-refractivity contribution is 7.86. The molecule has 3 rings (SSSR count). The molecule has 1 atom stereocenters. The van der Waals surface area contributed by atoms with E-state index < -0.39 is 10.2 Å². The summed E-state index contributed by atoms with van der Waals surface area (Å²) in [4.78, 5) is 16.9. The first-order valence-corrected chi connectivity index (χ1v) is 10.6. The van der Waals surface area contributed by atoms with Crippen molar-refractivity contribution < 1.29 is 13.2 Å². The van der Waals surface area contributed by atoms with E-state index in [9.17, 15) is 13.2 Å². The molecule has 0 N–H and O–H groups in total. The van der Waals surface area contributed by atoms with E-state index in [0.29, 0.717) is 26.2 Å². The van der Waals surface area contributed by atoms with Crippen LogP contribution in [0.3, 0.4) is 0 Å². The highest BCUT2D eigenvalue weighted by Gasteiger charge is 2.37. The van der Waals surface area contributed by atoms with Crippen LogP contribution in [0.25, 0.3) is 0 Å². The number of likely N-dealkylation sites (N-methyl/N-ethyl adjacent to an activating group) is 1. The number of nitrogens with zero attached hydrogens (tertiary/aromatic N) is 4. The van der Waals surface area contributed by atoms with Gasteiger partial charge in [-0.3, -0.25) is 4.79 Å². The summed E-state index contributed by atoms with van der Waals surface area (Å²) in [5.74, 6) is -0.0386. The Labute approximate surface area is 145 Å². The van der Waals surface area contributed by atoms with Crippen LogP contribution < -0.4 is 0 Å². The highest BCUT2D eigenvalue weighted by Crippen LogP contribution is 2.25. The predicted octanol–water partition coefficient (Wildman–Crippen LogP) is 0.203. The molecule has 3 aliphatic rings. The van der Waals surface area contributed by atoms with E-state index in [1.807, 2.05) is 4.90 Å². The van der Waals surface area contributed by atoms with Crippen molar-refractivity contribution in [2.45, 2.75) is 32.1 Å². The fourth-order valence-corrected chi connectivity index (χ4v) is 5.67. The maximum Gasteiger partial charge on any atom is 0.281 e. The van der Waals surface area contributed by atoms with Crippen molar-refractivity contribution in [3.63, 3.8) is 0 Å². The Morgan fingerprint density at radius 2 is 1.46 bits per heavy atom. The van der Waals surface area contributed by atoms with Crippen LogP contribution in [0.5, 0.6) is 0 Å². The van der Waals surface area contributed by atoms with Crippen LogP contribution in [0, 0.1) is 5.92 Å². The molecule has 1 amide bonds. The summed E-state index contributed by atoms with van der Waals surface area (Å²) in [7, 11) is -1.34. The van der Waals surface area contributed by atoms with Gasteiger partial charge in [-0.25, -0.2) is 0 Å². The molecule has 3 fully saturated rings. The average Bonchev–Trinajstić information content (AvgIpc) is 2.62. The van der Waals surface area contributed by atoms with Crippen molar-refractivity contribution in [1.82, 2.24) is 18.4 Å². The van der Waals surface area contributed by atoms with Crippen molar-refractivity contribution in [3.8, 4) is 0 Å². The number of amides is 1. The number of hydrogen-bond donors (Lipinski definition) is 0. The monoisotopic (exact) mass is 358 g/mol. The zero-order chi connectivity index (χ0) is 17.2. The van der Waals surface area contributed by atoms with Gasteiger partial charge in [0.15, 0.2) is 0 Å². The minimum absolute atomic E-state index is 0.140. The number of piperidine rings is 2. The minimum Gasteiger partial charge on any atom is -0.340 e. The van der Waals surface area contributed by atoms with Crippen LogP contribution in [-0.2, 0) is 15.0 Å². The van der Waals surface area contributed by atoms with Gasteiger partial charge >= 0.3 is 0 Å². The number of piperazine rings is 1. The lowest BCUT2D eigenvalue weighted by Crippen LogP contribution is -2.54. The van der Waals surface area contributed by atoms with Crippen LogP contribution in [0.2, 0.25) is 0 Å². The van der Waals surface area contributed by atoms with E-state index in [1.54, 1.807) is 8.61 Å². The van der Waals surface area contributed by atoms with Gasteiger partial charge in [-0.15, -0.1) is 0 Å². The van der Waals surface area contributed by atoms with Crippen LogP contribution in [0.1, 0.15) is 32.1 Å². The van der Waals surface area contributed by atoms with Gasteiger partial charge in [-0.2, -0.15) is 17.0 Å². The molecular formula is C16H30N4O3S. The summed E-state index contributed by atoms with van der Waals surface area (Å²) in [5, 5.41) is 0. The normalized spacial score (nSPS) is 28.9. The molecule has 0 unspecified atom stereocenters. The molecule has 3 saturated heterocycles. The topological polar surface area (TPSA) is 64.2 Å². The molecule has 0 aliphatic carbocycles. The van der Waals surface area contributed by atoms with E-state index in [0.717, 1.165) is 58.3 Å². The zero-order valence-corrected chi connectivity index (χ0v) is 15.5. The van der Waals surface area contributed by atoms with Crippen LogP contribution >= 0.6 is 0 Å². The summed E-state index contributed by atoms with van der Waals surface area (Å²) in [6, 6.07) is 0. The summed E-state index contributed by atoms with van der Waals surface area (Å²) in [6.07, 6.45) is 4.57. The van der Waals surface area contributed by atoms with Gasteiger partial charge in [0.25, 0.3) is 10.2 Å². The molecule has 0 saturated carbocycles. The third-order valence-electron chi connectivity index (χ3n) is 5.52. The predicted molar refractivity (Wildman–Crippen MR) is 92.7 cm³/mol. The maximum absolute atomic E-state index is 12.8. The fourth-order valence-electron chi connectivity index (χ4n) is 3.90. The Morgan fingerprint density at radius 3 is 2.12 bits per heavy atom. The van der Waals surface area contributed by atoms with Gasteiger partial charge in [-0.05, 0) is 32.7 Å². The van der Waals surface area contributed by atoms with Crippen LogP contribution in [0.15, 0.2) is 0 Å². The second kappa shape index (κ2) is 7.68. The zero-order valence-electron chi connectivity index (χ0n) is 14.7. The second-order valence-electron chi connectivity index (χ2n) is 7.29. The summed E-state index contributed by atoms with van der Waals surface area (Å²) in [5.41, 5.74) is 0. The highest BCUT2D eigenvalue weighted by atomic mass is 32.2. The van der Waals surface area contributed by atoms with Crippen molar-refractivity contribution in [1.29, 1.82) is 0 Å². The van der Waals surface area contributed by atoms with E-state index in [-0.39, 0.29) is 11.8 Å². The van der Waals surface area contributed by atoms with Gasteiger partial charge in [0.05, 0.1) is 5.92 Å². The van der Waals surface area contributed by atoms with E-state index in [4.69, 9.17) is 0 Å². The lowest BCUT2D eigenvalue weighted by atomic mass is 9.98. The first-order valence-electron chi connectivity index (χ1n) is 9.21. The molecule has 138 valence electrons. The minimum atomic E-state index is -3.40. The Hall–Kier alpha value is -0.700. The Bertz CT molecular complexity index is 540. The van der Waals surface area contributed by atoms with E-state index in [1.165, 1.54) is 0 Å². The van der Waals surface area contributed by atoms with Gasteiger partial charge in [0.1, 0.15) is 0 Å². The second-order valence-corrected chi connectivity index (χ2v) is 9.22. The molecular weight excluding hydrogens is 328 g/mol. The quantitative estimate of drug-likeness (QED) is 0.723. The van der Waals surface area contributed by atoms with Crippen molar-refractivity contribution >= 4 is 16.1 Å². The molecule has 0 aromatic rings.